The molecule has 1 rings (SSSR count). The molecular formula is C12H20N4OS. The van der Waals surface area contributed by atoms with Crippen molar-refractivity contribution in [2.24, 2.45) is 5.73 Å². The van der Waals surface area contributed by atoms with E-state index in [-0.39, 0.29) is 5.91 Å². The van der Waals surface area contributed by atoms with Crippen LogP contribution in [0.5, 0.6) is 0 Å². The first kappa shape index (κ1) is 14.9. The number of likely N-dealkylation sites (N-methyl/N-ethyl adjacent to an activating group) is 1. The summed E-state index contributed by atoms with van der Waals surface area (Å²) in [6.07, 6.45) is 0. The van der Waals surface area contributed by atoms with Gasteiger partial charge in [0.15, 0.2) is 5.16 Å². The number of primary amides is 1. The van der Waals surface area contributed by atoms with Gasteiger partial charge in [0.1, 0.15) is 5.54 Å². The molecule has 5 nitrogen and oxygen atoms in total. The van der Waals surface area contributed by atoms with E-state index < -0.39 is 5.54 Å². The number of thioether (sulfide) groups is 1. The molecule has 0 aromatic carbocycles. The Morgan fingerprint density at radius 2 is 1.83 bits per heavy atom. The van der Waals surface area contributed by atoms with Gasteiger partial charge in [0, 0.05) is 17.1 Å². The van der Waals surface area contributed by atoms with Crippen LogP contribution in [0.15, 0.2) is 5.16 Å². The second-order valence-electron chi connectivity index (χ2n) is 4.54. The fourth-order valence-electron chi connectivity index (χ4n) is 1.28. The lowest BCUT2D eigenvalue weighted by Crippen LogP contribution is -2.53. The first-order valence-electron chi connectivity index (χ1n) is 5.73. The number of nitrogens with zero attached hydrogens (tertiary/aromatic N) is 2. The van der Waals surface area contributed by atoms with Gasteiger partial charge in [0.05, 0.1) is 0 Å². The summed E-state index contributed by atoms with van der Waals surface area (Å²) in [6.45, 7) is 7.69. The molecule has 100 valence electrons. The summed E-state index contributed by atoms with van der Waals surface area (Å²) in [4.78, 5) is 20.2. The van der Waals surface area contributed by atoms with Crippen LogP contribution in [0.3, 0.4) is 0 Å². The van der Waals surface area contributed by atoms with Gasteiger partial charge >= 0.3 is 0 Å². The molecule has 0 spiro atoms. The number of amides is 1. The smallest absolute Gasteiger partial charge is 0.238 e. The Morgan fingerprint density at radius 3 is 2.22 bits per heavy atom. The normalized spacial score (nSPS) is 14.3. The lowest BCUT2D eigenvalue weighted by molar-refractivity contribution is -0.122. The number of aromatic nitrogens is 2. The van der Waals surface area contributed by atoms with Crippen LogP contribution in [0.25, 0.3) is 0 Å². The largest absolute Gasteiger partial charge is 0.368 e. The molecule has 0 fully saturated rings. The highest BCUT2D eigenvalue weighted by Crippen LogP contribution is 2.21. The number of aryl methyl sites for hydroxylation is 2. The van der Waals surface area contributed by atoms with Crippen LogP contribution < -0.4 is 11.1 Å². The maximum atomic E-state index is 11.4. The zero-order chi connectivity index (χ0) is 13.9. The van der Waals surface area contributed by atoms with Gasteiger partial charge in [0.25, 0.3) is 0 Å². The van der Waals surface area contributed by atoms with Crippen LogP contribution in [0.4, 0.5) is 0 Å². The van der Waals surface area contributed by atoms with Crippen molar-refractivity contribution in [1.82, 2.24) is 15.3 Å². The van der Waals surface area contributed by atoms with Gasteiger partial charge in [-0.05, 0) is 40.3 Å². The standard InChI is InChI=1S/C12H20N4OS/c1-7-8(2)15-11(16-9(7)3)18-6-12(4,14-5)10(13)17/h14H,6H2,1-5H3,(H2,13,17). The van der Waals surface area contributed by atoms with E-state index in [1.165, 1.54) is 11.8 Å². The highest BCUT2D eigenvalue weighted by molar-refractivity contribution is 7.99. The van der Waals surface area contributed by atoms with E-state index in [1.807, 2.05) is 20.8 Å². The molecule has 18 heavy (non-hydrogen) atoms. The van der Waals surface area contributed by atoms with Gasteiger partial charge in [0.2, 0.25) is 5.91 Å². The minimum atomic E-state index is -0.749. The minimum Gasteiger partial charge on any atom is -0.368 e. The van der Waals surface area contributed by atoms with Crippen molar-refractivity contribution in [1.29, 1.82) is 0 Å². The van der Waals surface area contributed by atoms with E-state index in [2.05, 4.69) is 15.3 Å². The summed E-state index contributed by atoms with van der Waals surface area (Å²) in [7, 11) is 1.72. The fourth-order valence-corrected chi connectivity index (χ4v) is 2.39. The summed E-state index contributed by atoms with van der Waals surface area (Å²) >= 11 is 1.43. The van der Waals surface area contributed by atoms with Crippen molar-refractivity contribution in [2.75, 3.05) is 12.8 Å². The number of hydrogen-bond acceptors (Lipinski definition) is 5. The van der Waals surface area contributed by atoms with Crippen LogP contribution in [0.1, 0.15) is 23.9 Å². The Morgan fingerprint density at radius 1 is 1.33 bits per heavy atom. The molecule has 1 unspecified atom stereocenters. The van der Waals surface area contributed by atoms with Crippen molar-refractivity contribution in [3.8, 4) is 0 Å². The molecule has 1 amide bonds. The molecule has 0 aliphatic heterocycles. The predicted octanol–water partition coefficient (Wildman–Crippen LogP) is 0.957. The molecular weight excluding hydrogens is 248 g/mol. The fraction of sp³-hybridized carbons (Fsp3) is 0.583. The van der Waals surface area contributed by atoms with E-state index in [1.54, 1.807) is 14.0 Å². The van der Waals surface area contributed by atoms with Crippen molar-refractivity contribution >= 4 is 17.7 Å². The Kier molecular flexibility index (Phi) is 4.70. The average Bonchev–Trinajstić information content (AvgIpc) is 2.32. The van der Waals surface area contributed by atoms with Crippen LogP contribution >= 0.6 is 11.8 Å². The number of carbonyl (C=O) groups is 1. The predicted molar refractivity (Wildman–Crippen MR) is 73.6 cm³/mol. The van der Waals surface area contributed by atoms with Crippen molar-refractivity contribution in [2.45, 2.75) is 38.4 Å². The van der Waals surface area contributed by atoms with Gasteiger partial charge < -0.3 is 11.1 Å². The maximum Gasteiger partial charge on any atom is 0.238 e. The van der Waals surface area contributed by atoms with E-state index in [0.717, 1.165) is 17.0 Å². The second-order valence-corrected chi connectivity index (χ2v) is 5.48. The Labute approximate surface area is 112 Å². The summed E-state index contributed by atoms with van der Waals surface area (Å²) in [6, 6.07) is 0. The molecule has 0 radical (unpaired) electrons. The molecule has 0 aliphatic rings. The number of rotatable bonds is 5. The number of nitrogens with one attached hydrogen (secondary N) is 1. The van der Waals surface area contributed by atoms with Crippen molar-refractivity contribution < 1.29 is 4.79 Å². The van der Waals surface area contributed by atoms with E-state index in [0.29, 0.717) is 10.9 Å². The van der Waals surface area contributed by atoms with Crippen molar-refractivity contribution in [3.63, 3.8) is 0 Å². The van der Waals surface area contributed by atoms with Crippen LogP contribution in [0, 0.1) is 20.8 Å². The summed E-state index contributed by atoms with van der Waals surface area (Å²) < 4.78 is 0. The molecule has 3 N–H and O–H groups in total. The third-order valence-corrected chi connectivity index (χ3v) is 4.36. The maximum absolute atomic E-state index is 11.4. The van der Waals surface area contributed by atoms with Crippen molar-refractivity contribution in [3.05, 3.63) is 17.0 Å². The summed E-state index contributed by atoms with van der Waals surface area (Å²) in [5, 5.41) is 3.62. The van der Waals surface area contributed by atoms with Gasteiger partial charge in [-0.25, -0.2) is 9.97 Å². The van der Waals surface area contributed by atoms with E-state index >= 15 is 0 Å². The zero-order valence-electron chi connectivity index (χ0n) is 11.5. The molecule has 1 atom stereocenters. The molecule has 0 aliphatic carbocycles. The molecule has 0 bridgehead atoms. The van der Waals surface area contributed by atoms with E-state index in [4.69, 9.17) is 5.73 Å². The summed E-state index contributed by atoms with van der Waals surface area (Å²) in [5.74, 6) is 0.124. The first-order valence-corrected chi connectivity index (χ1v) is 6.72. The van der Waals surface area contributed by atoms with Gasteiger partial charge in [-0.3, -0.25) is 4.79 Å². The van der Waals surface area contributed by atoms with Gasteiger partial charge in [-0.2, -0.15) is 0 Å². The topological polar surface area (TPSA) is 80.9 Å². The quantitative estimate of drug-likeness (QED) is 0.614. The SMILES string of the molecule is CNC(C)(CSc1nc(C)c(C)c(C)n1)C(N)=O. The van der Waals surface area contributed by atoms with Crippen LogP contribution in [-0.4, -0.2) is 34.2 Å². The molecule has 0 saturated heterocycles. The number of carbonyl (C=O) groups excluding carboxylic acids is 1. The monoisotopic (exact) mass is 268 g/mol. The lowest BCUT2D eigenvalue weighted by Gasteiger charge is -2.24. The molecule has 1 aromatic rings. The summed E-state index contributed by atoms with van der Waals surface area (Å²) in [5.41, 5.74) is 7.66. The molecule has 1 aromatic heterocycles. The zero-order valence-corrected chi connectivity index (χ0v) is 12.3. The molecule has 1 heterocycles. The number of nitrogens with two attached hydrogens (primary N) is 1. The van der Waals surface area contributed by atoms with Gasteiger partial charge in [-0.1, -0.05) is 11.8 Å². The first-order chi connectivity index (χ1) is 8.30. The van der Waals surface area contributed by atoms with Gasteiger partial charge in [-0.15, -0.1) is 0 Å². The minimum absolute atomic E-state index is 0.377. The Balaban J connectivity index is 2.84. The number of hydrogen-bond donors (Lipinski definition) is 2. The van der Waals surface area contributed by atoms with Crippen LogP contribution in [0.2, 0.25) is 0 Å². The second kappa shape index (κ2) is 5.67. The van der Waals surface area contributed by atoms with E-state index in [9.17, 15) is 4.79 Å². The Hall–Kier alpha value is -1.14. The molecule has 0 saturated carbocycles. The van der Waals surface area contributed by atoms with Crippen LogP contribution in [-0.2, 0) is 4.79 Å². The highest BCUT2D eigenvalue weighted by atomic mass is 32.2. The highest BCUT2D eigenvalue weighted by Gasteiger charge is 2.29. The third kappa shape index (κ3) is 3.20. The third-order valence-electron chi connectivity index (χ3n) is 3.20. The molecule has 6 heteroatoms. The lowest BCUT2D eigenvalue weighted by atomic mass is 10.1. The Bertz CT molecular complexity index is 440. The average molecular weight is 268 g/mol.